The molecule has 0 amide bonds. The number of nitrogens with zero attached hydrogens (tertiary/aromatic N) is 1. The largest absolute Gasteiger partial charge is 0.481 e. The zero-order chi connectivity index (χ0) is 44.8. The molecule has 62 heavy (non-hydrogen) atoms. The lowest BCUT2D eigenvalue weighted by molar-refractivity contribution is -0.144. The van der Waals surface area contributed by atoms with Gasteiger partial charge >= 0.3 is 30.7 Å². The number of aryl methyl sites for hydroxylation is 1. The number of para-hydroxylation sites is 1. The second kappa shape index (κ2) is 14.4. The smallest absolute Gasteiger partial charge is 0.416 e. The minimum Gasteiger partial charge on any atom is -0.481 e. The number of carboxylic acid groups (broad SMARTS) is 1. The molecule has 0 aliphatic rings. The highest BCUT2D eigenvalue weighted by molar-refractivity contribution is 6.32. The van der Waals surface area contributed by atoms with Crippen LogP contribution in [0.4, 0.5) is 52.7 Å². The van der Waals surface area contributed by atoms with E-state index in [1.54, 1.807) is 0 Å². The average Bonchev–Trinajstić information content (AvgIpc) is 3.19. The molecule has 8 aromatic rings. The number of aliphatic carboxylic acids is 1. The number of rotatable bonds is 7. The first-order valence-electron chi connectivity index (χ1n) is 18.2. The molecule has 2 heterocycles. The monoisotopic (exact) mass is 873 g/mol. The van der Waals surface area contributed by atoms with Gasteiger partial charge < -0.3 is 9.52 Å². The second-order valence-electron chi connectivity index (χ2n) is 14.4. The van der Waals surface area contributed by atoms with Gasteiger partial charge in [-0.1, -0.05) is 30.3 Å². The highest BCUT2D eigenvalue weighted by Gasteiger charge is 2.39. The van der Waals surface area contributed by atoms with Gasteiger partial charge in [-0.15, -0.1) is 0 Å². The van der Waals surface area contributed by atoms with Crippen LogP contribution in [0.15, 0.2) is 111 Å². The Morgan fingerprint density at radius 3 is 1.50 bits per heavy atom. The molecular weight excluding hydrogens is 850 g/mol. The summed E-state index contributed by atoms with van der Waals surface area (Å²) in [4.78, 5) is 40.2. The maximum Gasteiger partial charge on any atom is 0.416 e. The molecule has 0 unspecified atom stereocenters. The lowest BCUT2D eigenvalue weighted by Gasteiger charge is -2.21. The van der Waals surface area contributed by atoms with Gasteiger partial charge in [-0.3, -0.25) is 14.4 Å². The molecule has 1 N–H and O–H groups in total. The number of benzene rings is 6. The van der Waals surface area contributed by atoms with E-state index in [0.29, 0.717) is 34.4 Å². The third-order valence-corrected chi connectivity index (χ3v) is 10.4. The molecule has 0 radical (unpaired) electrons. The Hall–Kier alpha value is -6.85. The molecule has 318 valence electrons. The summed E-state index contributed by atoms with van der Waals surface area (Å²) in [6.45, 7) is 0. The zero-order valence-electron chi connectivity index (χ0n) is 30.9. The predicted octanol–water partition coefficient (Wildman–Crippen LogP) is 12.7. The normalized spacial score (nSPS) is 13.0. The van der Waals surface area contributed by atoms with Gasteiger partial charge in [-0.05, 0) is 102 Å². The molecule has 18 heteroatoms. The van der Waals surface area contributed by atoms with Crippen LogP contribution in [0, 0.1) is 0 Å². The van der Waals surface area contributed by atoms with Gasteiger partial charge in [-0.2, -0.15) is 52.7 Å². The van der Waals surface area contributed by atoms with Gasteiger partial charge in [0, 0.05) is 44.3 Å². The van der Waals surface area contributed by atoms with Crippen LogP contribution in [-0.4, -0.2) is 15.6 Å². The Balaban J connectivity index is 1.58. The van der Waals surface area contributed by atoms with E-state index in [0.717, 1.165) is 12.1 Å². The molecule has 8 rings (SSSR count). The summed E-state index contributed by atoms with van der Waals surface area (Å²) in [6, 6.07) is 14.1. The topological polar surface area (TPSA) is 89.5 Å². The summed E-state index contributed by atoms with van der Waals surface area (Å²) in [5.74, 6) is -1.06. The number of pyridine rings is 1. The van der Waals surface area contributed by atoms with Crippen molar-refractivity contribution in [1.82, 2.24) is 4.57 Å². The Kier molecular flexibility index (Phi) is 9.71. The minimum atomic E-state index is -5.35. The molecule has 0 spiro atoms. The fraction of sp³-hybridized carbons (Fsp3) is 0.159. The number of carboxylic acids is 1. The van der Waals surface area contributed by atoms with Crippen LogP contribution in [0.1, 0.15) is 40.7 Å². The maximum atomic E-state index is 14.6. The third-order valence-electron chi connectivity index (χ3n) is 10.4. The fourth-order valence-corrected chi connectivity index (χ4v) is 7.69. The summed E-state index contributed by atoms with van der Waals surface area (Å²) in [7, 11) is 0. The summed E-state index contributed by atoms with van der Waals surface area (Å²) < 4.78 is 178. The Bertz CT molecular complexity index is 3130. The molecule has 0 bridgehead atoms. The number of aromatic nitrogens is 1. The Morgan fingerprint density at radius 2 is 1.02 bits per heavy atom. The van der Waals surface area contributed by atoms with Crippen LogP contribution >= 0.6 is 0 Å². The quantitative estimate of drug-likeness (QED) is 0.0979. The van der Waals surface area contributed by atoms with Gasteiger partial charge in [0.2, 0.25) is 0 Å². The van der Waals surface area contributed by atoms with Crippen molar-refractivity contribution in [2.24, 2.45) is 0 Å². The molecule has 0 fully saturated rings. The number of alkyl halides is 12. The van der Waals surface area contributed by atoms with E-state index in [-0.39, 0.29) is 64.2 Å². The fourth-order valence-electron chi connectivity index (χ4n) is 7.69. The SMILES string of the molecule is O=C(O)CCCc1ccc(-n2c(=O)c3cc(-c4cc(C(F)(F)F)cc(C(F)(F)F)c4)c4oc5ccccc5c5c(-c6cc(C(F)(F)F)cc(C(F)(F)F)c6)cc(c2=O)c3c45)cc1. The molecule has 6 aromatic carbocycles. The molecule has 2 aromatic heterocycles. The van der Waals surface area contributed by atoms with E-state index < -0.39 is 103 Å². The van der Waals surface area contributed by atoms with Crippen LogP contribution in [0.2, 0.25) is 0 Å². The average molecular weight is 874 g/mol. The third kappa shape index (κ3) is 7.36. The Morgan fingerprint density at radius 1 is 0.548 bits per heavy atom. The van der Waals surface area contributed by atoms with E-state index in [1.165, 1.54) is 48.5 Å². The summed E-state index contributed by atoms with van der Waals surface area (Å²) in [5, 5.41) is 7.12. The molecule has 0 atom stereocenters. The molecule has 0 aliphatic heterocycles. The van der Waals surface area contributed by atoms with Crippen molar-refractivity contribution in [1.29, 1.82) is 0 Å². The van der Waals surface area contributed by atoms with E-state index in [9.17, 15) is 67.1 Å². The van der Waals surface area contributed by atoms with E-state index in [2.05, 4.69) is 0 Å². The number of hydrogen-bond acceptors (Lipinski definition) is 4. The van der Waals surface area contributed by atoms with Gasteiger partial charge in [0.1, 0.15) is 11.2 Å². The van der Waals surface area contributed by atoms with Gasteiger partial charge in [0.05, 0.1) is 27.9 Å². The first kappa shape index (κ1) is 41.9. The van der Waals surface area contributed by atoms with Crippen molar-refractivity contribution >= 4 is 49.5 Å². The first-order chi connectivity index (χ1) is 28.9. The molecule has 0 saturated carbocycles. The van der Waals surface area contributed by atoms with Gasteiger partial charge in [0.25, 0.3) is 11.1 Å². The van der Waals surface area contributed by atoms with Crippen molar-refractivity contribution in [2.75, 3.05) is 0 Å². The van der Waals surface area contributed by atoms with Crippen molar-refractivity contribution in [3.63, 3.8) is 0 Å². The molecule has 0 aliphatic carbocycles. The first-order valence-corrected chi connectivity index (χ1v) is 18.2. The standard InChI is InChI=1S/C44H23F12NO5/c45-41(46,47)23-12-21(13-24(16-23)42(48,49)50)29-18-31-36-32(40(61)57(39(31)60)27-10-8-20(9-11-27)4-3-7-34(58)59)19-30(38-37(36)35(29)28-5-1-2-6-33(28)62-38)22-14-25(43(51,52)53)17-26(15-22)44(54,55)56/h1-2,5-6,8-19H,3-4,7H2,(H,58,59). The van der Waals surface area contributed by atoms with Crippen LogP contribution in [0.5, 0.6) is 0 Å². The summed E-state index contributed by atoms with van der Waals surface area (Å²) >= 11 is 0. The maximum absolute atomic E-state index is 14.6. The summed E-state index contributed by atoms with van der Waals surface area (Å²) in [6.07, 6.45) is -21.1. The second-order valence-corrected chi connectivity index (χ2v) is 14.4. The predicted molar refractivity (Wildman–Crippen MR) is 203 cm³/mol. The highest BCUT2D eigenvalue weighted by Crippen LogP contribution is 2.49. The van der Waals surface area contributed by atoms with E-state index >= 15 is 0 Å². The van der Waals surface area contributed by atoms with Crippen molar-refractivity contribution in [3.05, 3.63) is 146 Å². The highest BCUT2D eigenvalue weighted by atomic mass is 19.4. The van der Waals surface area contributed by atoms with Crippen molar-refractivity contribution in [3.8, 4) is 27.9 Å². The minimum absolute atomic E-state index is 0.0172. The Labute approximate surface area is 338 Å². The van der Waals surface area contributed by atoms with Gasteiger partial charge in [-0.25, -0.2) is 4.57 Å². The van der Waals surface area contributed by atoms with E-state index in [1.807, 2.05) is 0 Å². The van der Waals surface area contributed by atoms with Crippen LogP contribution in [0.3, 0.4) is 0 Å². The lowest BCUT2D eigenvalue weighted by Crippen LogP contribution is -2.32. The van der Waals surface area contributed by atoms with E-state index in [4.69, 9.17) is 9.52 Å². The number of carbonyl (C=O) groups is 1. The van der Waals surface area contributed by atoms with Crippen LogP contribution in [-0.2, 0) is 35.9 Å². The number of hydrogen-bond donors (Lipinski definition) is 1. The zero-order valence-corrected chi connectivity index (χ0v) is 30.9. The van der Waals surface area contributed by atoms with Crippen molar-refractivity contribution in [2.45, 2.75) is 44.0 Å². The number of halogens is 12. The molecule has 0 saturated heterocycles. The molecule has 6 nitrogen and oxygen atoms in total. The van der Waals surface area contributed by atoms with Crippen LogP contribution < -0.4 is 11.1 Å². The van der Waals surface area contributed by atoms with Crippen LogP contribution in [0.25, 0.3) is 71.4 Å². The number of fused-ring (bicyclic) bond motifs is 2. The van der Waals surface area contributed by atoms with Crippen molar-refractivity contribution < 1.29 is 67.0 Å². The molecular formula is C44H23F12NO5. The summed E-state index contributed by atoms with van der Waals surface area (Å²) in [5.41, 5.74) is -12.1. The van der Waals surface area contributed by atoms with Gasteiger partial charge in [0.15, 0.2) is 0 Å². The lowest BCUT2D eigenvalue weighted by atomic mass is 9.86.